The van der Waals surface area contributed by atoms with Crippen molar-refractivity contribution in [3.63, 3.8) is 0 Å². The van der Waals surface area contributed by atoms with E-state index in [1.165, 1.54) is 7.11 Å². The number of rotatable bonds is 4. The molecule has 0 saturated carbocycles. The van der Waals surface area contributed by atoms with Crippen molar-refractivity contribution < 1.29 is 14.3 Å². The second kappa shape index (κ2) is 8.88. The maximum Gasteiger partial charge on any atom is 0.337 e. The van der Waals surface area contributed by atoms with Gasteiger partial charge in [-0.25, -0.2) is 9.59 Å². The Bertz CT molecular complexity index is 793. The van der Waals surface area contributed by atoms with E-state index in [0.29, 0.717) is 30.2 Å². The van der Waals surface area contributed by atoms with Crippen molar-refractivity contribution in [3.05, 3.63) is 70.2 Å². The molecule has 2 N–H and O–H groups in total. The Morgan fingerprint density at radius 2 is 1.89 bits per heavy atom. The van der Waals surface area contributed by atoms with Gasteiger partial charge in [-0.2, -0.15) is 0 Å². The summed E-state index contributed by atoms with van der Waals surface area (Å²) < 4.78 is 4.69. The molecule has 1 fully saturated rings. The number of carbonyl (C=O) groups is 2. The maximum absolute atomic E-state index is 12.7. The van der Waals surface area contributed by atoms with Gasteiger partial charge in [-0.15, -0.1) is 0 Å². The Balaban J connectivity index is 1.63. The molecule has 7 heteroatoms. The van der Waals surface area contributed by atoms with Crippen LogP contribution in [0.15, 0.2) is 48.5 Å². The first-order valence-corrected chi connectivity index (χ1v) is 9.14. The largest absolute Gasteiger partial charge is 0.465 e. The fraction of sp³-hybridized carbons (Fsp3) is 0.300. The van der Waals surface area contributed by atoms with Crippen molar-refractivity contribution in [3.8, 4) is 0 Å². The second-order valence-corrected chi connectivity index (χ2v) is 6.75. The normalized spacial score (nSPS) is 16.7. The Hall–Kier alpha value is -2.57. The molecule has 1 saturated heterocycles. The van der Waals surface area contributed by atoms with Crippen molar-refractivity contribution in [2.45, 2.75) is 12.6 Å². The highest BCUT2D eigenvalue weighted by molar-refractivity contribution is 6.30. The van der Waals surface area contributed by atoms with E-state index in [0.717, 1.165) is 17.7 Å². The number of halogens is 1. The van der Waals surface area contributed by atoms with Crippen LogP contribution < -0.4 is 10.6 Å². The number of amides is 2. The van der Waals surface area contributed by atoms with Gasteiger partial charge in [0.15, 0.2) is 0 Å². The number of nitrogens with one attached hydrogen (secondary N) is 2. The SMILES string of the molecule is COC(=O)c1ccc(CNC(=O)N2CCNCC2c2ccc(Cl)cc2)cc1. The van der Waals surface area contributed by atoms with Crippen LogP contribution >= 0.6 is 11.6 Å². The molecule has 2 aromatic carbocycles. The van der Waals surface area contributed by atoms with E-state index in [2.05, 4.69) is 15.4 Å². The minimum atomic E-state index is -0.378. The average Bonchev–Trinajstić information content (AvgIpc) is 2.72. The smallest absolute Gasteiger partial charge is 0.337 e. The van der Waals surface area contributed by atoms with Crippen LogP contribution in [-0.2, 0) is 11.3 Å². The number of hydrogen-bond donors (Lipinski definition) is 2. The summed E-state index contributed by atoms with van der Waals surface area (Å²) in [5.41, 5.74) is 2.44. The Kier molecular flexibility index (Phi) is 6.32. The summed E-state index contributed by atoms with van der Waals surface area (Å²) in [6, 6.07) is 14.4. The molecule has 1 aliphatic heterocycles. The van der Waals surface area contributed by atoms with E-state index >= 15 is 0 Å². The first-order chi connectivity index (χ1) is 13.1. The van der Waals surface area contributed by atoms with E-state index in [1.54, 1.807) is 24.3 Å². The zero-order valence-electron chi connectivity index (χ0n) is 15.1. The Morgan fingerprint density at radius 1 is 1.19 bits per heavy atom. The molecule has 1 aliphatic rings. The minimum Gasteiger partial charge on any atom is -0.465 e. The van der Waals surface area contributed by atoms with Gasteiger partial charge in [-0.3, -0.25) is 0 Å². The molecule has 6 nitrogen and oxygen atoms in total. The van der Waals surface area contributed by atoms with Gasteiger partial charge in [0.1, 0.15) is 0 Å². The summed E-state index contributed by atoms with van der Waals surface area (Å²) in [6.07, 6.45) is 0. The summed E-state index contributed by atoms with van der Waals surface area (Å²) >= 11 is 5.97. The molecule has 0 radical (unpaired) electrons. The summed E-state index contributed by atoms with van der Waals surface area (Å²) in [5.74, 6) is -0.378. The Labute approximate surface area is 163 Å². The van der Waals surface area contributed by atoms with E-state index in [4.69, 9.17) is 11.6 Å². The molecule has 1 unspecified atom stereocenters. The highest BCUT2D eigenvalue weighted by Gasteiger charge is 2.27. The molecule has 0 bridgehead atoms. The monoisotopic (exact) mass is 387 g/mol. The number of esters is 1. The first kappa shape index (κ1) is 19.2. The fourth-order valence-corrected chi connectivity index (χ4v) is 3.21. The lowest BCUT2D eigenvalue weighted by Crippen LogP contribution is -2.51. The van der Waals surface area contributed by atoms with Crippen molar-refractivity contribution >= 4 is 23.6 Å². The predicted octanol–water partition coefficient (Wildman–Crippen LogP) is 2.98. The molecule has 0 spiro atoms. The third-order valence-electron chi connectivity index (χ3n) is 4.58. The third kappa shape index (κ3) is 4.78. The zero-order valence-corrected chi connectivity index (χ0v) is 15.8. The van der Waals surface area contributed by atoms with Gasteiger partial charge in [0.25, 0.3) is 0 Å². The molecule has 1 heterocycles. The topological polar surface area (TPSA) is 70.7 Å². The molecular formula is C20H22ClN3O3. The van der Waals surface area contributed by atoms with Crippen molar-refractivity contribution in [1.82, 2.24) is 15.5 Å². The van der Waals surface area contributed by atoms with Crippen molar-refractivity contribution in [1.29, 1.82) is 0 Å². The van der Waals surface area contributed by atoms with Gasteiger partial charge in [0.2, 0.25) is 0 Å². The lowest BCUT2D eigenvalue weighted by atomic mass is 10.0. The fourth-order valence-electron chi connectivity index (χ4n) is 3.09. The predicted molar refractivity (Wildman–Crippen MR) is 104 cm³/mol. The van der Waals surface area contributed by atoms with E-state index in [9.17, 15) is 9.59 Å². The van der Waals surface area contributed by atoms with Crippen LogP contribution in [0.25, 0.3) is 0 Å². The van der Waals surface area contributed by atoms with Crippen LogP contribution in [0.4, 0.5) is 4.79 Å². The number of carbonyl (C=O) groups excluding carboxylic acids is 2. The number of piperazine rings is 1. The van der Waals surface area contributed by atoms with Gasteiger partial charge in [0.05, 0.1) is 18.7 Å². The number of urea groups is 1. The maximum atomic E-state index is 12.7. The molecule has 0 aromatic heterocycles. The van der Waals surface area contributed by atoms with E-state index < -0.39 is 0 Å². The Morgan fingerprint density at radius 3 is 2.56 bits per heavy atom. The lowest BCUT2D eigenvalue weighted by molar-refractivity contribution is 0.0600. The number of ether oxygens (including phenoxy) is 1. The lowest BCUT2D eigenvalue weighted by Gasteiger charge is -2.36. The highest BCUT2D eigenvalue weighted by atomic mass is 35.5. The molecule has 0 aliphatic carbocycles. The van der Waals surface area contributed by atoms with Gasteiger partial charge < -0.3 is 20.3 Å². The summed E-state index contributed by atoms with van der Waals surface area (Å²) in [4.78, 5) is 26.0. The number of methoxy groups -OCH3 is 1. The highest BCUT2D eigenvalue weighted by Crippen LogP contribution is 2.23. The molecule has 2 aromatic rings. The third-order valence-corrected chi connectivity index (χ3v) is 4.83. The van der Waals surface area contributed by atoms with Crippen LogP contribution in [0.2, 0.25) is 5.02 Å². The minimum absolute atomic E-state index is 0.0438. The summed E-state index contributed by atoms with van der Waals surface area (Å²) in [7, 11) is 1.35. The van der Waals surface area contributed by atoms with Gasteiger partial charge in [0, 0.05) is 31.2 Å². The quantitative estimate of drug-likeness (QED) is 0.791. The van der Waals surface area contributed by atoms with Crippen LogP contribution in [0.1, 0.15) is 27.5 Å². The van der Waals surface area contributed by atoms with E-state index in [-0.39, 0.29) is 18.0 Å². The first-order valence-electron chi connectivity index (χ1n) is 8.76. The van der Waals surface area contributed by atoms with Crippen LogP contribution in [0.3, 0.4) is 0 Å². The summed E-state index contributed by atoms with van der Waals surface area (Å²) in [5, 5.41) is 6.96. The van der Waals surface area contributed by atoms with Crippen LogP contribution in [0, 0.1) is 0 Å². The van der Waals surface area contributed by atoms with Gasteiger partial charge >= 0.3 is 12.0 Å². The standard InChI is InChI=1S/C20H22ClN3O3/c1-27-19(25)16-4-2-14(3-5-16)12-23-20(26)24-11-10-22-13-18(24)15-6-8-17(21)9-7-15/h2-9,18,22H,10-13H2,1H3,(H,23,26). The van der Waals surface area contributed by atoms with Gasteiger partial charge in [-0.1, -0.05) is 35.9 Å². The molecule has 27 heavy (non-hydrogen) atoms. The van der Waals surface area contributed by atoms with Crippen molar-refractivity contribution in [2.75, 3.05) is 26.7 Å². The van der Waals surface area contributed by atoms with Crippen LogP contribution in [0.5, 0.6) is 0 Å². The average molecular weight is 388 g/mol. The molecule has 2 amide bonds. The van der Waals surface area contributed by atoms with E-state index in [1.807, 2.05) is 29.2 Å². The zero-order chi connectivity index (χ0) is 19.2. The molecule has 1 atom stereocenters. The molecular weight excluding hydrogens is 366 g/mol. The summed E-state index contributed by atoms with van der Waals surface area (Å²) in [6.45, 7) is 2.46. The van der Waals surface area contributed by atoms with Crippen LogP contribution in [-0.4, -0.2) is 43.6 Å². The molecule has 142 valence electrons. The van der Waals surface area contributed by atoms with Gasteiger partial charge in [-0.05, 0) is 35.4 Å². The second-order valence-electron chi connectivity index (χ2n) is 6.31. The number of benzene rings is 2. The van der Waals surface area contributed by atoms with Crippen molar-refractivity contribution in [2.24, 2.45) is 0 Å². The number of hydrogen-bond acceptors (Lipinski definition) is 4. The molecule has 3 rings (SSSR count). The number of nitrogens with zero attached hydrogens (tertiary/aromatic N) is 1.